The van der Waals surface area contributed by atoms with Gasteiger partial charge in [0.2, 0.25) is 12.7 Å². The Morgan fingerprint density at radius 2 is 1.90 bits per heavy atom. The van der Waals surface area contributed by atoms with Crippen molar-refractivity contribution in [2.75, 3.05) is 26.9 Å². The molecule has 4 rings (SSSR count). The maximum atomic E-state index is 13.1. The van der Waals surface area contributed by atoms with Crippen LogP contribution >= 0.6 is 0 Å². The summed E-state index contributed by atoms with van der Waals surface area (Å²) in [5, 5.41) is 0. The minimum atomic E-state index is -0.376. The highest BCUT2D eigenvalue weighted by molar-refractivity contribution is 5.94. The standard InChI is InChI=1S/C22H23FN2O4/c1-24(12-15-4-9-19-20(11-15)29-14-28-19)21(26)17-3-2-10-25(13-17)22(27)16-5-7-18(23)8-6-16/h4-9,11,17H,2-3,10,12-14H2,1H3. The first-order valence-corrected chi connectivity index (χ1v) is 9.69. The van der Waals surface area contributed by atoms with E-state index in [-0.39, 0.29) is 30.3 Å². The summed E-state index contributed by atoms with van der Waals surface area (Å²) in [6, 6.07) is 11.2. The first-order chi connectivity index (χ1) is 14.0. The van der Waals surface area contributed by atoms with Gasteiger partial charge < -0.3 is 19.3 Å². The number of benzene rings is 2. The number of hydrogen-bond donors (Lipinski definition) is 0. The quantitative estimate of drug-likeness (QED) is 0.794. The van der Waals surface area contributed by atoms with Gasteiger partial charge in [-0.25, -0.2) is 4.39 Å². The number of nitrogens with zero attached hydrogens (tertiary/aromatic N) is 2. The lowest BCUT2D eigenvalue weighted by Crippen LogP contribution is -2.45. The number of carbonyl (C=O) groups is 2. The van der Waals surface area contributed by atoms with Gasteiger partial charge in [-0.1, -0.05) is 6.07 Å². The normalized spacial score (nSPS) is 17.9. The molecule has 0 saturated carbocycles. The van der Waals surface area contributed by atoms with Crippen molar-refractivity contribution >= 4 is 11.8 Å². The molecule has 2 aliphatic heterocycles. The van der Waals surface area contributed by atoms with Gasteiger partial charge in [-0.3, -0.25) is 9.59 Å². The van der Waals surface area contributed by atoms with E-state index in [0.717, 1.165) is 18.4 Å². The molecule has 2 amide bonds. The molecule has 1 fully saturated rings. The molecule has 6 nitrogen and oxygen atoms in total. The highest BCUT2D eigenvalue weighted by atomic mass is 19.1. The molecule has 0 bridgehead atoms. The lowest BCUT2D eigenvalue weighted by atomic mass is 9.95. The first-order valence-electron chi connectivity index (χ1n) is 9.69. The summed E-state index contributed by atoms with van der Waals surface area (Å²) < 4.78 is 23.8. The fourth-order valence-electron chi connectivity index (χ4n) is 3.84. The molecule has 2 heterocycles. The number of rotatable bonds is 4. The van der Waals surface area contributed by atoms with E-state index in [1.165, 1.54) is 24.3 Å². The molecule has 1 atom stereocenters. The van der Waals surface area contributed by atoms with E-state index in [9.17, 15) is 14.0 Å². The largest absolute Gasteiger partial charge is 0.454 e. The molecule has 2 aromatic carbocycles. The number of fused-ring (bicyclic) bond motifs is 1. The summed E-state index contributed by atoms with van der Waals surface area (Å²) in [5.41, 5.74) is 1.40. The van der Waals surface area contributed by atoms with Gasteiger partial charge in [0, 0.05) is 32.2 Å². The van der Waals surface area contributed by atoms with E-state index < -0.39 is 0 Å². The summed E-state index contributed by atoms with van der Waals surface area (Å²) in [4.78, 5) is 29.0. The summed E-state index contributed by atoms with van der Waals surface area (Å²) in [6.07, 6.45) is 1.51. The predicted molar refractivity (Wildman–Crippen MR) is 104 cm³/mol. The van der Waals surface area contributed by atoms with Gasteiger partial charge in [0.05, 0.1) is 5.92 Å². The van der Waals surface area contributed by atoms with Crippen molar-refractivity contribution in [1.82, 2.24) is 9.80 Å². The van der Waals surface area contributed by atoms with Crippen LogP contribution in [0.1, 0.15) is 28.8 Å². The Morgan fingerprint density at radius 3 is 2.69 bits per heavy atom. The molecule has 29 heavy (non-hydrogen) atoms. The lowest BCUT2D eigenvalue weighted by molar-refractivity contribution is -0.136. The molecule has 1 saturated heterocycles. The van der Waals surface area contributed by atoms with Crippen LogP contribution in [-0.4, -0.2) is 48.5 Å². The highest BCUT2D eigenvalue weighted by Crippen LogP contribution is 2.33. The average molecular weight is 398 g/mol. The second-order valence-corrected chi connectivity index (χ2v) is 7.48. The fourth-order valence-corrected chi connectivity index (χ4v) is 3.84. The van der Waals surface area contributed by atoms with Gasteiger partial charge in [0.1, 0.15) is 5.82 Å². The summed E-state index contributed by atoms with van der Waals surface area (Å²) in [7, 11) is 1.77. The second-order valence-electron chi connectivity index (χ2n) is 7.48. The van der Waals surface area contributed by atoms with Crippen LogP contribution in [0.25, 0.3) is 0 Å². The number of hydrogen-bond acceptors (Lipinski definition) is 4. The van der Waals surface area contributed by atoms with Crippen LogP contribution in [0.15, 0.2) is 42.5 Å². The van der Waals surface area contributed by atoms with Gasteiger partial charge in [-0.2, -0.15) is 0 Å². The SMILES string of the molecule is CN(Cc1ccc2c(c1)OCO2)C(=O)C1CCCN(C(=O)c2ccc(F)cc2)C1. The van der Waals surface area contributed by atoms with E-state index in [0.29, 0.717) is 36.7 Å². The monoisotopic (exact) mass is 398 g/mol. The number of likely N-dealkylation sites (tertiary alicyclic amines) is 1. The first kappa shape index (κ1) is 19.2. The Balaban J connectivity index is 1.38. The Hall–Kier alpha value is -3.09. The number of piperidine rings is 1. The Bertz CT molecular complexity index is 916. The maximum Gasteiger partial charge on any atom is 0.253 e. The summed E-state index contributed by atoms with van der Waals surface area (Å²) in [6.45, 7) is 1.65. The van der Waals surface area contributed by atoms with E-state index in [4.69, 9.17) is 9.47 Å². The van der Waals surface area contributed by atoms with Crippen LogP contribution in [0.2, 0.25) is 0 Å². The molecule has 152 valence electrons. The van der Waals surface area contributed by atoms with Crippen LogP contribution in [0.3, 0.4) is 0 Å². The van der Waals surface area contributed by atoms with E-state index in [1.54, 1.807) is 16.8 Å². The van der Waals surface area contributed by atoms with Crippen molar-refractivity contribution in [3.8, 4) is 11.5 Å². The minimum Gasteiger partial charge on any atom is -0.454 e. The van der Waals surface area contributed by atoms with Gasteiger partial charge >= 0.3 is 0 Å². The molecule has 1 unspecified atom stereocenters. The molecule has 0 aliphatic carbocycles. The zero-order valence-electron chi connectivity index (χ0n) is 16.3. The van der Waals surface area contributed by atoms with Crippen molar-refractivity contribution in [1.29, 1.82) is 0 Å². The Morgan fingerprint density at radius 1 is 1.14 bits per heavy atom. The van der Waals surface area contributed by atoms with Crippen LogP contribution in [0, 0.1) is 11.7 Å². The molecular formula is C22H23FN2O4. The predicted octanol–water partition coefficient (Wildman–Crippen LogP) is 3.07. The molecule has 0 aromatic heterocycles. The van der Waals surface area contributed by atoms with Gasteiger partial charge in [-0.15, -0.1) is 0 Å². The summed E-state index contributed by atoms with van der Waals surface area (Å²) >= 11 is 0. The van der Waals surface area contributed by atoms with Crippen LogP contribution in [0.4, 0.5) is 4.39 Å². The zero-order valence-corrected chi connectivity index (χ0v) is 16.3. The highest BCUT2D eigenvalue weighted by Gasteiger charge is 2.30. The van der Waals surface area contributed by atoms with Crippen molar-refractivity contribution in [2.45, 2.75) is 19.4 Å². The number of ether oxygens (including phenoxy) is 2. The number of amides is 2. The van der Waals surface area contributed by atoms with Crippen molar-refractivity contribution in [3.05, 3.63) is 59.4 Å². The summed E-state index contributed by atoms with van der Waals surface area (Å²) in [5.74, 6) is 0.632. The molecule has 7 heteroatoms. The molecule has 0 spiro atoms. The van der Waals surface area contributed by atoms with Gasteiger partial charge in [-0.05, 0) is 54.8 Å². The third-order valence-electron chi connectivity index (χ3n) is 5.38. The molecule has 0 N–H and O–H groups in total. The van der Waals surface area contributed by atoms with E-state index >= 15 is 0 Å². The van der Waals surface area contributed by atoms with Crippen molar-refractivity contribution < 1.29 is 23.5 Å². The average Bonchev–Trinajstić information content (AvgIpc) is 3.21. The third-order valence-corrected chi connectivity index (χ3v) is 5.38. The third kappa shape index (κ3) is 4.18. The molecule has 2 aliphatic rings. The van der Waals surface area contributed by atoms with Crippen LogP contribution < -0.4 is 9.47 Å². The van der Waals surface area contributed by atoms with Gasteiger partial charge in [0.25, 0.3) is 5.91 Å². The lowest BCUT2D eigenvalue weighted by Gasteiger charge is -2.34. The van der Waals surface area contributed by atoms with Crippen molar-refractivity contribution in [3.63, 3.8) is 0 Å². The smallest absolute Gasteiger partial charge is 0.253 e. The van der Waals surface area contributed by atoms with Crippen LogP contribution in [-0.2, 0) is 11.3 Å². The number of halogens is 1. The Kier molecular flexibility index (Phi) is 5.38. The van der Waals surface area contributed by atoms with E-state index in [2.05, 4.69) is 0 Å². The van der Waals surface area contributed by atoms with Crippen LogP contribution in [0.5, 0.6) is 11.5 Å². The fraction of sp³-hybridized carbons (Fsp3) is 0.364. The topological polar surface area (TPSA) is 59.1 Å². The Labute approximate surface area is 168 Å². The zero-order chi connectivity index (χ0) is 20.4. The maximum absolute atomic E-state index is 13.1. The molecular weight excluding hydrogens is 375 g/mol. The molecule has 0 radical (unpaired) electrons. The number of carbonyl (C=O) groups excluding carboxylic acids is 2. The van der Waals surface area contributed by atoms with Gasteiger partial charge in [0.15, 0.2) is 11.5 Å². The molecule has 2 aromatic rings. The minimum absolute atomic E-state index is 0.0132. The second kappa shape index (κ2) is 8.11. The van der Waals surface area contributed by atoms with Crippen molar-refractivity contribution in [2.24, 2.45) is 5.92 Å². The van der Waals surface area contributed by atoms with E-state index in [1.807, 2.05) is 18.2 Å².